The molecule has 1 aromatic carbocycles. The maximum absolute atomic E-state index is 13.2. The molecular formula is C12H11BrFN3O2. The highest BCUT2D eigenvalue weighted by Crippen LogP contribution is 2.29. The van der Waals surface area contributed by atoms with Crippen LogP contribution in [-0.2, 0) is 0 Å². The highest BCUT2D eigenvalue weighted by molar-refractivity contribution is 9.10. The average molecular weight is 328 g/mol. The van der Waals surface area contributed by atoms with Crippen LogP contribution in [0.15, 0.2) is 27.2 Å². The van der Waals surface area contributed by atoms with E-state index in [4.69, 9.17) is 4.52 Å². The third-order valence-corrected chi connectivity index (χ3v) is 3.71. The first kappa shape index (κ1) is 12.7. The molecule has 2 atom stereocenters. The molecule has 1 aromatic heterocycles. The first-order valence-electron chi connectivity index (χ1n) is 5.84. The molecule has 0 bridgehead atoms. The highest BCUT2D eigenvalue weighted by Gasteiger charge is 2.28. The molecule has 1 aliphatic rings. The van der Waals surface area contributed by atoms with Gasteiger partial charge in [-0.05, 0) is 24.6 Å². The number of aliphatic hydroxyl groups excluding tert-OH is 1. The molecule has 0 amide bonds. The number of β-amino-alcohol motifs (C(OH)–C–C–N with tert-alkyl or cyclic N) is 1. The molecule has 0 aliphatic carbocycles. The standard InChI is InChI=1S/C12H11BrFN3O2/c13-9-2-1-6(14)3-8(9)11-16-12(19-17-11)10-4-7(18)5-15-10/h1-3,7,10,15,18H,4-5H2/t7-,10-/m1/s1. The minimum Gasteiger partial charge on any atom is -0.392 e. The van der Waals surface area contributed by atoms with Crippen LogP contribution in [0.2, 0.25) is 0 Å². The molecule has 0 spiro atoms. The van der Waals surface area contributed by atoms with Gasteiger partial charge >= 0.3 is 0 Å². The van der Waals surface area contributed by atoms with Gasteiger partial charge in [0.2, 0.25) is 11.7 Å². The molecule has 1 fully saturated rings. The van der Waals surface area contributed by atoms with Crippen molar-refractivity contribution in [2.75, 3.05) is 6.54 Å². The van der Waals surface area contributed by atoms with Crippen LogP contribution in [0.25, 0.3) is 11.4 Å². The second kappa shape index (κ2) is 4.99. The van der Waals surface area contributed by atoms with E-state index in [9.17, 15) is 9.50 Å². The van der Waals surface area contributed by atoms with Gasteiger partial charge in [-0.15, -0.1) is 0 Å². The highest BCUT2D eigenvalue weighted by atomic mass is 79.9. The Labute approximate surface area is 117 Å². The van der Waals surface area contributed by atoms with Gasteiger partial charge in [0.25, 0.3) is 0 Å². The molecular weight excluding hydrogens is 317 g/mol. The SMILES string of the molecule is O[C@H]1CN[C@@H](c2nc(-c3cc(F)ccc3Br)no2)C1. The van der Waals surface area contributed by atoms with Gasteiger partial charge in [0.05, 0.1) is 12.1 Å². The molecule has 1 aliphatic heterocycles. The number of nitrogens with zero attached hydrogens (tertiary/aromatic N) is 2. The second-order valence-corrected chi connectivity index (χ2v) is 5.29. The summed E-state index contributed by atoms with van der Waals surface area (Å²) in [5, 5.41) is 16.4. The Bertz CT molecular complexity index is 604. The fourth-order valence-electron chi connectivity index (χ4n) is 2.06. The monoisotopic (exact) mass is 327 g/mol. The summed E-state index contributed by atoms with van der Waals surface area (Å²) in [4.78, 5) is 4.25. The molecule has 2 aromatic rings. The molecule has 2 heterocycles. The number of halogens is 2. The van der Waals surface area contributed by atoms with Gasteiger partial charge in [0.15, 0.2) is 0 Å². The lowest BCUT2D eigenvalue weighted by Crippen LogP contribution is -2.15. The number of aliphatic hydroxyl groups is 1. The van der Waals surface area contributed by atoms with Crippen LogP contribution in [0.3, 0.4) is 0 Å². The van der Waals surface area contributed by atoms with Gasteiger partial charge in [0.1, 0.15) is 5.82 Å². The Kier molecular flexibility index (Phi) is 3.34. The minimum atomic E-state index is -0.402. The fraction of sp³-hybridized carbons (Fsp3) is 0.333. The van der Waals surface area contributed by atoms with Crippen molar-refractivity contribution in [2.24, 2.45) is 0 Å². The van der Waals surface area contributed by atoms with Gasteiger partial charge in [0, 0.05) is 16.6 Å². The first-order valence-corrected chi connectivity index (χ1v) is 6.63. The quantitative estimate of drug-likeness (QED) is 0.883. The maximum atomic E-state index is 13.2. The summed E-state index contributed by atoms with van der Waals surface area (Å²) in [5.74, 6) is 0.367. The van der Waals surface area contributed by atoms with Crippen LogP contribution in [0, 0.1) is 5.82 Å². The van der Waals surface area contributed by atoms with Crippen molar-refractivity contribution in [2.45, 2.75) is 18.6 Å². The van der Waals surface area contributed by atoms with Crippen LogP contribution in [-0.4, -0.2) is 27.9 Å². The Hall–Kier alpha value is -1.31. The summed E-state index contributed by atoms with van der Waals surface area (Å²) in [6.45, 7) is 0.506. The van der Waals surface area contributed by atoms with Crippen molar-refractivity contribution in [1.82, 2.24) is 15.5 Å². The van der Waals surface area contributed by atoms with Crippen molar-refractivity contribution in [3.05, 3.63) is 34.4 Å². The third-order valence-electron chi connectivity index (χ3n) is 3.02. The van der Waals surface area contributed by atoms with E-state index in [1.165, 1.54) is 12.1 Å². The third kappa shape index (κ3) is 2.54. The normalized spacial score (nSPS) is 22.9. The van der Waals surface area contributed by atoms with Crippen LogP contribution in [0.5, 0.6) is 0 Å². The van der Waals surface area contributed by atoms with Crippen LogP contribution < -0.4 is 5.32 Å². The molecule has 7 heteroatoms. The van der Waals surface area contributed by atoms with Crippen LogP contribution in [0.4, 0.5) is 4.39 Å². The van der Waals surface area contributed by atoms with Gasteiger partial charge in [-0.3, -0.25) is 0 Å². The molecule has 1 saturated heterocycles. The van der Waals surface area contributed by atoms with Gasteiger partial charge in [-0.2, -0.15) is 4.98 Å². The van der Waals surface area contributed by atoms with Gasteiger partial charge in [-0.25, -0.2) is 4.39 Å². The number of aromatic nitrogens is 2. The van der Waals surface area contributed by atoms with E-state index >= 15 is 0 Å². The summed E-state index contributed by atoms with van der Waals surface area (Å²) in [6, 6.07) is 4.14. The lowest BCUT2D eigenvalue weighted by molar-refractivity contribution is 0.191. The predicted molar refractivity (Wildman–Crippen MR) is 68.8 cm³/mol. The zero-order chi connectivity index (χ0) is 13.4. The van der Waals surface area contributed by atoms with E-state index in [1.807, 2.05) is 0 Å². The van der Waals surface area contributed by atoms with E-state index in [0.29, 0.717) is 34.7 Å². The van der Waals surface area contributed by atoms with Crippen molar-refractivity contribution >= 4 is 15.9 Å². The lowest BCUT2D eigenvalue weighted by Gasteiger charge is -2.02. The van der Waals surface area contributed by atoms with Crippen LogP contribution >= 0.6 is 15.9 Å². The molecule has 0 saturated carbocycles. The summed E-state index contributed by atoms with van der Waals surface area (Å²) >= 11 is 3.33. The largest absolute Gasteiger partial charge is 0.392 e. The average Bonchev–Trinajstić information content (AvgIpc) is 3.00. The Morgan fingerprint density at radius 3 is 3.05 bits per heavy atom. The van der Waals surface area contributed by atoms with Crippen molar-refractivity contribution < 1.29 is 14.0 Å². The topological polar surface area (TPSA) is 71.2 Å². The zero-order valence-corrected chi connectivity index (χ0v) is 11.4. The number of hydrogen-bond donors (Lipinski definition) is 2. The molecule has 0 radical (unpaired) electrons. The van der Waals surface area contributed by atoms with E-state index in [0.717, 1.165) is 0 Å². The first-order chi connectivity index (χ1) is 9.13. The molecule has 5 nitrogen and oxygen atoms in total. The second-order valence-electron chi connectivity index (χ2n) is 4.43. The number of nitrogens with one attached hydrogen (secondary N) is 1. The summed E-state index contributed by atoms with van der Waals surface area (Å²) in [6.07, 6.45) is 0.132. The summed E-state index contributed by atoms with van der Waals surface area (Å²) < 4.78 is 19.1. The fourth-order valence-corrected chi connectivity index (χ4v) is 2.48. The number of rotatable bonds is 2. The molecule has 3 rings (SSSR count). The van der Waals surface area contributed by atoms with E-state index in [1.54, 1.807) is 6.07 Å². The Balaban J connectivity index is 1.90. The molecule has 2 N–H and O–H groups in total. The zero-order valence-electron chi connectivity index (χ0n) is 9.81. The van der Waals surface area contributed by atoms with Crippen molar-refractivity contribution in [1.29, 1.82) is 0 Å². The minimum absolute atomic E-state index is 0.149. The lowest BCUT2D eigenvalue weighted by atomic mass is 10.2. The maximum Gasteiger partial charge on any atom is 0.244 e. The van der Waals surface area contributed by atoms with Gasteiger partial charge < -0.3 is 14.9 Å². The molecule has 19 heavy (non-hydrogen) atoms. The summed E-state index contributed by atoms with van der Waals surface area (Å²) in [5.41, 5.74) is 0.536. The summed E-state index contributed by atoms with van der Waals surface area (Å²) in [7, 11) is 0. The van der Waals surface area contributed by atoms with E-state index in [-0.39, 0.29) is 11.9 Å². The molecule has 0 unspecified atom stereocenters. The number of benzene rings is 1. The Morgan fingerprint density at radius 1 is 1.47 bits per heavy atom. The predicted octanol–water partition coefficient (Wildman–Crippen LogP) is 2.03. The van der Waals surface area contributed by atoms with Crippen molar-refractivity contribution in [3.63, 3.8) is 0 Å². The van der Waals surface area contributed by atoms with Gasteiger partial charge in [-0.1, -0.05) is 21.1 Å². The van der Waals surface area contributed by atoms with E-state index in [2.05, 4.69) is 31.4 Å². The van der Waals surface area contributed by atoms with Crippen molar-refractivity contribution in [3.8, 4) is 11.4 Å². The van der Waals surface area contributed by atoms with Crippen LogP contribution in [0.1, 0.15) is 18.4 Å². The number of hydrogen-bond acceptors (Lipinski definition) is 5. The van der Waals surface area contributed by atoms with E-state index < -0.39 is 6.10 Å². The molecule has 100 valence electrons. The smallest absolute Gasteiger partial charge is 0.244 e. The Morgan fingerprint density at radius 2 is 2.32 bits per heavy atom.